The lowest BCUT2D eigenvalue weighted by Gasteiger charge is -2.54. The SMILES string of the molecule is CN1C(=O)CO[C@@H]2CN(C(=O)Cc3n[nH]c(=O)[nH]3)CC[C@]21c1ccccc1. The van der Waals surface area contributed by atoms with Gasteiger partial charge in [-0.1, -0.05) is 30.3 Å². The highest BCUT2D eigenvalue weighted by atomic mass is 16.5. The normalized spacial score (nSPS) is 25.4. The molecule has 2 atom stereocenters. The molecule has 0 saturated carbocycles. The molecule has 2 aliphatic heterocycles. The number of likely N-dealkylation sites (N-methyl/N-ethyl adjacent to an activating group) is 1. The first kappa shape index (κ1) is 17.5. The van der Waals surface area contributed by atoms with E-state index in [0.717, 1.165) is 5.56 Å². The van der Waals surface area contributed by atoms with E-state index in [1.54, 1.807) is 16.8 Å². The molecular weight excluding hydrogens is 350 g/mol. The minimum Gasteiger partial charge on any atom is -0.364 e. The Hall–Kier alpha value is -2.94. The van der Waals surface area contributed by atoms with Crippen LogP contribution in [0.2, 0.25) is 0 Å². The summed E-state index contributed by atoms with van der Waals surface area (Å²) in [5.41, 5.74) is -0.0156. The van der Waals surface area contributed by atoms with Crippen LogP contribution in [0.3, 0.4) is 0 Å². The highest BCUT2D eigenvalue weighted by Gasteiger charge is 2.53. The summed E-state index contributed by atoms with van der Waals surface area (Å²) in [6, 6.07) is 9.82. The van der Waals surface area contributed by atoms with Crippen molar-refractivity contribution < 1.29 is 14.3 Å². The molecule has 4 rings (SSSR count). The van der Waals surface area contributed by atoms with E-state index in [-0.39, 0.29) is 30.9 Å². The molecule has 0 spiro atoms. The van der Waals surface area contributed by atoms with Gasteiger partial charge in [0.05, 0.1) is 12.0 Å². The van der Waals surface area contributed by atoms with Gasteiger partial charge in [-0.15, -0.1) is 0 Å². The van der Waals surface area contributed by atoms with Gasteiger partial charge in [0, 0.05) is 20.1 Å². The molecule has 2 fully saturated rings. The lowest BCUT2D eigenvalue weighted by Crippen LogP contribution is -2.67. The van der Waals surface area contributed by atoms with Crippen LogP contribution in [-0.2, 0) is 26.3 Å². The topological polar surface area (TPSA) is 111 Å². The van der Waals surface area contributed by atoms with Crippen molar-refractivity contribution in [3.05, 3.63) is 52.2 Å². The van der Waals surface area contributed by atoms with Gasteiger partial charge < -0.3 is 14.5 Å². The molecule has 2 amide bonds. The van der Waals surface area contributed by atoms with Crippen molar-refractivity contribution >= 4 is 11.8 Å². The van der Waals surface area contributed by atoms with Gasteiger partial charge in [0.1, 0.15) is 18.5 Å². The molecule has 2 saturated heterocycles. The predicted octanol–water partition coefficient (Wildman–Crippen LogP) is -0.374. The first-order chi connectivity index (χ1) is 13.0. The molecule has 9 nitrogen and oxygen atoms in total. The van der Waals surface area contributed by atoms with Gasteiger partial charge in [-0.3, -0.25) is 14.6 Å². The number of ether oxygens (including phenoxy) is 1. The van der Waals surface area contributed by atoms with Crippen LogP contribution in [0.4, 0.5) is 0 Å². The first-order valence-electron chi connectivity index (χ1n) is 8.86. The molecule has 1 aromatic carbocycles. The third-order valence-corrected chi connectivity index (χ3v) is 5.56. The number of amides is 2. The zero-order valence-corrected chi connectivity index (χ0v) is 15.0. The van der Waals surface area contributed by atoms with Crippen LogP contribution in [0.15, 0.2) is 35.1 Å². The van der Waals surface area contributed by atoms with Crippen molar-refractivity contribution in [2.45, 2.75) is 24.5 Å². The number of aromatic nitrogens is 3. The van der Waals surface area contributed by atoms with Crippen LogP contribution >= 0.6 is 0 Å². The zero-order chi connectivity index (χ0) is 19.0. The second kappa shape index (κ2) is 6.66. The summed E-state index contributed by atoms with van der Waals surface area (Å²) in [7, 11) is 1.80. The molecule has 0 unspecified atom stereocenters. The van der Waals surface area contributed by atoms with Crippen molar-refractivity contribution in [3.63, 3.8) is 0 Å². The van der Waals surface area contributed by atoms with Crippen LogP contribution in [0, 0.1) is 0 Å². The third-order valence-electron chi connectivity index (χ3n) is 5.56. The van der Waals surface area contributed by atoms with Crippen LogP contribution in [0.5, 0.6) is 0 Å². The molecule has 2 N–H and O–H groups in total. The molecule has 0 radical (unpaired) electrons. The van der Waals surface area contributed by atoms with E-state index < -0.39 is 11.2 Å². The number of aromatic amines is 2. The van der Waals surface area contributed by atoms with E-state index >= 15 is 0 Å². The molecule has 27 heavy (non-hydrogen) atoms. The van der Waals surface area contributed by atoms with Gasteiger partial charge in [-0.05, 0) is 12.0 Å². The van der Waals surface area contributed by atoms with E-state index in [0.29, 0.717) is 25.3 Å². The number of nitrogens with zero attached hydrogens (tertiary/aromatic N) is 3. The molecule has 9 heteroatoms. The Kier molecular flexibility index (Phi) is 4.31. The second-order valence-electron chi connectivity index (χ2n) is 6.93. The molecule has 0 bridgehead atoms. The molecule has 2 aliphatic rings. The number of likely N-dealkylation sites (tertiary alicyclic amines) is 1. The van der Waals surface area contributed by atoms with Crippen LogP contribution < -0.4 is 5.69 Å². The van der Waals surface area contributed by atoms with Gasteiger partial charge in [-0.2, -0.15) is 5.10 Å². The number of piperidine rings is 1. The molecular formula is C18H21N5O4. The standard InChI is InChI=1S/C18H21N5O4/c1-22-16(25)11-27-13-10-23(15(24)9-14-19-17(26)21-20-14)8-7-18(13,22)12-5-3-2-4-6-12/h2-6,13H,7-11H2,1H3,(H2,19,20,21,26)/t13-,18+/m1/s1. The number of fused-ring (bicyclic) bond motifs is 1. The molecule has 142 valence electrons. The summed E-state index contributed by atoms with van der Waals surface area (Å²) in [5.74, 6) is 0.105. The van der Waals surface area contributed by atoms with Gasteiger partial charge in [0.25, 0.3) is 0 Å². The summed E-state index contributed by atoms with van der Waals surface area (Å²) < 4.78 is 5.89. The lowest BCUT2D eigenvalue weighted by atomic mass is 9.76. The average Bonchev–Trinajstić information content (AvgIpc) is 3.10. The van der Waals surface area contributed by atoms with Crippen LogP contribution in [0.1, 0.15) is 17.8 Å². The summed E-state index contributed by atoms with van der Waals surface area (Å²) in [4.78, 5) is 42.1. The van der Waals surface area contributed by atoms with Gasteiger partial charge in [0.15, 0.2) is 0 Å². The quantitative estimate of drug-likeness (QED) is 0.764. The Morgan fingerprint density at radius 3 is 2.81 bits per heavy atom. The predicted molar refractivity (Wildman–Crippen MR) is 94.7 cm³/mol. The largest absolute Gasteiger partial charge is 0.364 e. The Morgan fingerprint density at radius 1 is 1.33 bits per heavy atom. The highest BCUT2D eigenvalue weighted by molar-refractivity contribution is 5.80. The molecule has 1 aromatic heterocycles. The Balaban J connectivity index is 1.58. The third kappa shape index (κ3) is 2.93. The number of nitrogens with one attached hydrogen (secondary N) is 2. The maximum atomic E-state index is 12.7. The first-order valence-corrected chi connectivity index (χ1v) is 8.86. The number of carbonyl (C=O) groups excluding carboxylic acids is 2. The van der Waals surface area contributed by atoms with Crippen molar-refractivity contribution in [1.82, 2.24) is 25.0 Å². The number of benzene rings is 1. The monoisotopic (exact) mass is 371 g/mol. The van der Waals surface area contributed by atoms with Crippen molar-refractivity contribution in [2.24, 2.45) is 0 Å². The fraction of sp³-hybridized carbons (Fsp3) is 0.444. The van der Waals surface area contributed by atoms with E-state index in [4.69, 9.17) is 4.74 Å². The number of hydrogen-bond donors (Lipinski definition) is 2. The number of hydrogen-bond acceptors (Lipinski definition) is 5. The molecule has 0 aliphatic carbocycles. The molecule has 2 aromatic rings. The van der Waals surface area contributed by atoms with E-state index in [2.05, 4.69) is 15.2 Å². The maximum Gasteiger partial charge on any atom is 0.340 e. The van der Waals surface area contributed by atoms with Crippen LogP contribution in [0.25, 0.3) is 0 Å². The number of H-pyrrole nitrogens is 2. The summed E-state index contributed by atoms with van der Waals surface area (Å²) >= 11 is 0. The van der Waals surface area contributed by atoms with Crippen molar-refractivity contribution in [3.8, 4) is 0 Å². The van der Waals surface area contributed by atoms with Gasteiger partial charge >= 0.3 is 5.69 Å². The van der Waals surface area contributed by atoms with E-state index in [9.17, 15) is 14.4 Å². The van der Waals surface area contributed by atoms with E-state index in [1.165, 1.54) is 0 Å². The highest BCUT2D eigenvalue weighted by Crippen LogP contribution is 2.42. The smallest absolute Gasteiger partial charge is 0.340 e. The zero-order valence-electron chi connectivity index (χ0n) is 15.0. The average molecular weight is 371 g/mol. The van der Waals surface area contributed by atoms with Crippen LogP contribution in [-0.4, -0.2) is 69.6 Å². The Morgan fingerprint density at radius 2 is 2.11 bits per heavy atom. The Labute approximate surface area is 155 Å². The molecule has 3 heterocycles. The number of morpholine rings is 1. The Bertz CT molecular complexity index is 908. The minimum atomic E-state index is -0.589. The van der Waals surface area contributed by atoms with Crippen molar-refractivity contribution in [1.29, 1.82) is 0 Å². The second-order valence-corrected chi connectivity index (χ2v) is 6.93. The van der Waals surface area contributed by atoms with Gasteiger partial charge in [0.2, 0.25) is 11.8 Å². The summed E-state index contributed by atoms with van der Waals surface area (Å²) in [6.07, 6.45) is 0.268. The fourth-order valence-electron chi connectivity index (χ4n) is 4.10. The number of rotatable bonds is 3. The maximum absolute atomic E-state index is 12.7. The van der Waals surface area contributed by atoms with Gasteiger partial charge in [-0.25, -0.2) is 9.89 Å². The minimum absolute atomic E-state index is 0.00443. The number of carbonyl (C=O) groups is 2. The summed E-state index contributed by atoms with van der Waals surface area (Å²) in [5, 5.41) is 6.05. The fourth-order valence-corrected chi connectivity index (χ4v) is 4.10. The lowest BCUT2D eigenvalue weighted by molar-refractivity contribution is -0.184. The van der Waals surface area contributed by atoms with Crippen molar-refractivity contribution in [2.75, 3.05) is 26.7 Å². The summed E-state index contributed by atoms with van der Waals surface area (Å²) in [6.45, 7) is 0.865. The van der Waals surface area contributed by atoms with E-state index in [1.807, 2.05) is 30.3 Å².